The number of pyridine rings is 1. The number of amides is 1. The number of nitrogens with zero attached hydrogens (tertiary/aromatic N) is 3. The fourth-order valence-corrected chi connectivity index (χ4v) is 3.32. The van der Waals surface area contributed by atoms with E-state index in [1.54, 1.807) is 11.3 Å². The van der Waals surface area contributed by atoms with Gasteiger partial charge in [-0.05, 0) is 25.5 Å². The quantitative estimate of drug-likeness (QED) is 0.792. The smallest absolute Gasteiger partial charge is 0.252 e. The number of nitrogens with one attached hydrogen (secondary N) is 1. The van der Waals surface area contributed by atoms with Crippen molar-refractivity contribution in [2.75, 3.05) is 19.0 Å². The van der Waals surface area contributed by atoms with E-state index in [0.29, 0.717) is 12.1 Å². The van der Waals surface area contributed by atoms with Crippen LogP contribution in [-0.4, -0.2) is 30.0 Å². The van der Waals surface area contributed by atoms with Crippen LogP contribution in [0, 0.1) is 13.8 Å². The van der Waals surface area contributed by atoms with Crippen LogP contribution in [0.15, 0.2) is 29.6 Å². The van der Waals surface area contributed by atoms with Crippen LogP contribution in [0.1, 0.15) is 27.3 Å². The lowest BCUT2D eigenvalue weighted by molar-refractivity contribution is 0.0952. The largest absolute Gasteiger partial charge is 0.354 e. The molecular formula is C18H20N4OS. The Hall–Kier alpha value is -2.47. The first kappa shape index (κ1) is 16.4. The van der Waals surface area contributed by atoms with Crippen LogP contribution in [0.4, 0.5) is 5.13 Å². The number of carbonyl (C=O) groups is 1. The molecule has 3 rings (SSSR count). The third-order valence-electron chi connectivity index (χ3n) is 3.77. The van der Waals surface area contributed by atoms with Gasteiger partial charge in [-0.2, -0.15) is 0 Å². The van der Waals surface area contributed by atoms with Gasteiger partial charge in [0.2, 0.25) is 0 Å². The number of rotatable bonds is 4. The van der Waals surface area contributed by atoms with E-state index in [1.807, 2.05) is 62.5 Å². The summed E-state index contributed by atoms with van der Waals surface area (Å²) >= 11 is 1.57. The van der Waals surface area contributed by atoms with Gasteiger partial charge in [-0.1, -0.05) is 18.2 Å². The Balaban J connectivity index is 1.84. The van der Waals surface area contributed by atoms with Crippen LogP contribution in [0.25, 0.3) is 10.9 Å². The second-order valence-electron chi connectivity index (χ2n) is 5.98. The molecule has 1 N–H and O–H groups in total. The van der Waals surface area contributed by atoms with Crippen molar-refractivity contribution in [3.8, 4) is 0 Å². The zero-order valence-electron chi connectivity index (χ0n) is 14.3. The fraction of sp³-hybridized carbons (Fsp3) is 0.278. The molecule has 0 aliphatic rings. The van der Waals surface area contributed by atoms with Crippen molar-refractivity contribution < 1.29 is 4.79 Å². The van der Waals surface area contributed by atoms with Crippen molar-refractivity contribution >= 4 is 33.3 Å². The Labute approximate surface area is 145 Å². The molecule has 0 atom stereocenters. The minimum atomic E-state index is -0.101. The van der Waals surface area contributed by atoms with Crippen molar-refractivity contribution in [3.63, 3.8) is 0 Å². The Kier molecular flexibility index (Phi) is 4.49. The lowest BCUT2D eigenvalue weighted by atomic mass is 10.0. The van der Waals surface area contributed by atoms with Crippen LogP contribution < -0.4 is 10.2 Å². The number of anilines is 1. The van der Waals surface area contributed by atoms with E-state index >= 15 is 0 Å². The molecular weight excluding hydrogens is 320 g/mol. The molecule has 1 aromatic carbocycles. The Morgan fingerprint density at radius 3 is 2.75 bits per heavy atom. The monoisotopic (exact) mass is 340 g/mol. The lowest BCUT2D eigenvalue weighted by Crippen LogP contribution is -2.23. The molecule has 0 aliphatic heterocycles. The summed E-state index contributed by atoms with van der Waals surface area (Å²) in [5, 5.41) is 6.74. The Bertz CT molecular complexity index is 901. The maximum Gasteiger partial charge on any atom is 0.252 e. The van der Waals surface area contributed by atoms with Crippen molar-refractivity contribution in [2.45, 2.75) is 20.4 Å². The fourth-order valence-electron chi connectivity index (χ4n) is 2.56. The SMILES string of the molecule is Cc1cc(C(=O)NCc2csc(N(C)C)n2)c2cccc(C)c2n1. The minimum absolute atomic E-state index is 0.101. The summed E-state index contributed by atoms with van der Waals surface area (Å²) in [6, 6.07) is 7.74. The van der Waals surface area contributed by atoms with Crippen molar-refractivity contribution in [3.05, 3.63) is 52.2 Å². The molecule has 0 unspecified atom stereocenters. The standard InChI is InChI=1S/C18H20N4OS/c1-11-6-5-7-14-15(8-12(2)20-16(11)14)17(23)19-9-13-10-24-18(21-13)22(3)4/h5-8,10H,9H2,1-4H3,(H,19,23). The maximum atomic E-state index is 12.7. The average Bonchev–Trinajstić information content (AvgIpc) is 3.02. The van der Waals surface area contributed by atoms with E-state index in [1.165, 1.54) is 0 Å². The number of carbonyl (C=O) groups excluding carboxylic acids is 1. The first-order chi connectivity index (χ1) is 11.5. The Morgan fingerprint density at radius 2 is 2.04 bits per heavy atom. The molecule has 1 amide bonds. The molecule has 2 heterocycles. The molecule has 0 saturated carbocycles. The van der Waals surface area contributed by atoms with Crippen LogP contribution >= 0.6 is 11.3 Å². The molecule has 0 radical (unpaired) electrons. The molecule has 5 nitrogen and oxygen atoms in total. The van der Waals surface area contributed by atoms with Crippen molar-refractivity contribution in [1.82, 2.24) is 15.3 Å². The third-order valence-corrected chi connectivity index (χ3v) is 4.82. The molecule has 24 heavy (non-hydrogen) atoms. The maximum absolute atomic E-state index is 12.7. The van der Waals surface area contributed by atoms with E-state index in [4.69, 9.17) is 0 Å². The normalized spacial score (nSPS) is 10.8. The summed E-state index contributed by atoms with van der Waals surface area (Å²) in [4.78, 5) is 23.7. The van der Waals surface area contributed by atoms with Gasteiger partial charge in [0.25, 0.3) is 5.91 Å². The molecule has 6 heteroatoms. The number of hydrogen-bond donors (Lipinski definition) is 1. The van der Waals surface area contributed by atoms with E-state index in [-0.39, 0.29) is 5.91 Å². The number of benzene rings is 1. The van der Waals surface area contributed by atoms with E-state index in [2.05, 4.69) is 15.3 Å². The summed E-state index contributed by atoms with van der Waals surface area (Å²) in [5.41, 5.74) is 4.31. The molecule has 0 bridgehead atoms. The summed E-state index contributed by atoms with van der Waals surface area (Å²) in [6.45, 7) is 4.33. The predicted octanol–water partition coefficient (Wildman–Crippen LogP) is 3.30. The molecule has 0 fully saturated rings. The van der Waals surface area contributed by atoms with Crippen LogP contribution in [-0.2, 0) is 6.54 Å². The average molecular weight is 340 g/mol. The highest BCUT2D eigenvalue weighted by atomic mass is 32.1. The van der Waals surface area contributed by atoms with E-state index in [0.717, 1.165) is 33.0 Å². The van der Waals surface area contributed by atoms with E-state index in [9.17, 15) is 4.79 Å². The first-order valence-electron chi connectivity index (χ1n) is 7.72. The topological polar surface area (TPSA) is 58.1 Å². The van der Waals surface area contributed by atoms with Gasteiger partial charge in [0.1, 0.15) is 0 Å². The van der Waals surface area contributed by atoms with Gasteiger partial charge in [0.05, 0.1) is 23.3 Å². The second kappa shape index (κ2) is 6.57. The van der Waals surface area contributed by atoms with Gasteiger partial charge in [-0.25, -0.2) is 4.98 Å². The number of hydrogen-bond acceptors (Lipinski definition) is 5. The van der Waals surface area contributed by atoms with Gasteiger partial charge >= 0.3 is 0 Å². The highest BCUT2D eigenvalue weighted by Gasteiger charge is 2.13. The number of para-hydroxylation sites is 1. The third kappa shape index (κ3) is 3.23. The van der Waals surface area contributed by atoms with Crippen LogP contribution in [0.5, 0.6) is 0 Å². The van der Waals surface area contributed by atoms with Gasteiger partial charge in [0, 0.05) is 30.6 Å². The zero-order chi connectivity index (χ0) is 17.3. The number of aromatic nitrogens is 2. The summed E-state index contributed by atoms with van der Waals surface area (Å²) in [5.74, 6) is -0.101. The van der Waals surface area contributed by atoms with Crippen LogP contribution in [0.3, 0.4) is 0 Å². The molecule has 0 saturated heterocycles. The lowest BCUT2D eigenvalue weighted by Gasteiger charge is -2.10. The minimum Gasteiger partial charge on any atom is -0.354 e. The van der Waals surface area contributed by atoms with Crippen molar-refractivity contribution in [1.29, 1.82) is 0 Å². The molecule has 0 aliphatic carbocycles. The highest BCUT2D eigenvalue weighted by molar-refractivity contribution is 7.13. The number of thiazole rings is 1. The summed E-state index contributed by atoms with van der Waals surface area (Å²) in [6.07, 6.45) is 0. The highest BCUT2D eigenvalue weighted by Crippen LogP contribution is 2.22. The number of aryl methyl sites for hydroxylation is 2. The van der Waals surface area contributed by atoms with Gasteiger partial charge in [0.15, 0.2) is 5.13 Å². The molecule has 2 aromatic heterocycles. The van der Waals surface area contributed by atoms with E-state index < -0.39 is 0 Å². The number of fused-ring (bicyclic) bond motifs is 1. The second-order valence-corrected chi connectivity index (χ2v) is 6.82. The van der Waals surface area contributed by atoms with Gasteiger partial charge in [-0.15, -0.1) is 11.3 Å². The summed E-state index contributed by atoms with van der Waals surface area (Å²) in [7, 11) is 3.91. The van der Waals surface area contributed by atoms with Gasteiger partial charge in [-0.3, -0.25) is 9.78 Å². The predicted molar refractivity (Wildman–Crippen MR) is 98.8 cm³/mol. The van der Waals surface area contributed by atoms with Gasteiger partial charge < -0.3 is 10.2 Å². The van der Waals surface area contributed by atoms with Crippen molar-refractivity contribution in [2.24, 2.45) is 0 Å². The molecule has 124 valence electrons. The molecule has 0 spiro atoms. The summed E-state index contributed by atoms with van der Waals surface area (Å²) < 4.78 is 0. The zero-order valence-corrected chi connectivity index (χ0v) is 15.1. The Morgan fingerprint density at radius 1 is 1.25 bits per heavy atom. The van der Waals surface area contributed by atoms with Crippen LogP contribution in [0.2, 0.25) is 0 Å². The molecule has 3 aromatic rings. The first-order valence-corrected chi connectivity index (χ1v) is 8.60.